The Labute approximate surface area is 103 Å². The van der Waals surface area contributed by atoms with Crippen molar-refractivity contribution in [3.63, 3.8) is 0 Å². The molecule has 1 aliphatic rings. The van der Waals surface area contributed by atoms with Crippen LogP contribution in [0.4, 0.5) is 0 Å². The molecule has 1 aromatic rings. The topological polar surface area (TPSA) is 46.5 Å². The zero-order chi connectivity index (χ0) is 13.1. The summed E-state index contributed by atoms with van der Waals surface area (Å²) < 4.78 is 4.62. The lowest BCUT2D eigenvalue weighted by atomic mass is 10.2. The van der Waals surface area contributed by atoms with Crippen LogP contribution in [0, 0.1) is 6.92 Å². The smallest absolute Gasteiger partial charge is 0.306 e. The Morgan fingerprint density at radius 1 is 1.29 bits per heavy atom. The van der Waals surface area contributed by atoms with Gasteiger partial charge in [-0.25, -0.2) is 0 Å². The summed E-state index contributed by atoms with van der Waals surface area (Å²) in [5.41, 5.74) is 1.32. The third-order valence-corrected chi connectivity index (χ3v) is 2.11. The maximum atomic E-state index is 10.3. The maximum absolute atomic E-state index is 10.3. The molecule has 1 atom stereocenters. The van der Waals surface area contributed by atoms with Crippen molar-refractivity contribution in [2.24, 2.45) is 0 Å². The zero-order valence-electron chi connectivity index (χ0n) is 10.8. The molecular formula is C14H22O3. The minimum absolute atomic E-state index is 0.0360. The monoisotopic (exact) mass is 238 g/mol. The number of carbonyl (C=O) groups is 1. The van der Waals surface area contributed by atoms with Gasteiger partial charge in [-0.1, -0.05) is 49.7 Å². The SMILES string of the molecule is CC.Cc1ccccc1.O=C1CCC(CO)O1. The van der Waals surface area contributed by atoms with Crippen LogP contribution in [-0.4, -0.2) is 23.8 Å². The molecule has 0 amide bonds. The maximum Gasteiger partial charge on any atom is 0.306 e. The van der Waals surface area contributed by atoms with Crippen LogP contribution >= 0.6 is 0 Å². The highest BCUT2D eigenvalue weighted by molar-refractivity contribution is 5.71. The Morgan fingerprint density at radius 3 is 2.12 bits per heavy atom. The van der Waals surface area contributed by atoms with Crippen LogP contribution in [0.15, 0.2) is 30.3 Å². The van der Waals surface area contributed by atoms with Gasteiger partial charge in [0.15, 0.2) is 0 Å². The van der Waals surface area contributed by atoms with Crippen molar-refractivity contribution < 1.29 is 14.6 Å². The molecule has 96 valence electrons. The van der Waals surface area contributed by atoms with Gasteiger partial charge in [-0.05, 0) is 13.3 Å². The molecule has 0 radical (unpaired) electrons. The lowest BCUT2D eigenvalue weighted by Crippen LogP contribution is -2.10. The molecule has 0 saturated carbocycles. The van der Waals surface area contributed by atoms with E-state index in [0.717, 1.165) is 0 Å². The first-order valence-corrected chi connectivity index (χ1v) is 6.04. The zero-order valence-corrected chi connectivity index (χ0v) is 10.8. The molecular weight excluding hydrogens is 216 g/mol. The molecule has 0 aromatic heterocycles. The quantitative estimate of drug-likeness (QED) is 0.765. The number of hydrogen-bond acceptors (Lipinski definition) is 3. The van der Waals surface area contributed by atoms with Gasteiger partial charge in [0.05, 0.1) is 6.61 Å². The lowest BCUT2D eigenvalue weighted by Gasteiger charge is -2.01. The number of ether oxygens (including phenoxy) is 1. The molecule has 0 spiro atoms. The van der Waals surface area contributed by atoms with Gasteiger partial charge in [-0.15, -0.1) is 0 Å². The highest BCUT2D eigenvalue weighted by Gasteiger charge is 2.21. The second kappa shape index (κ2) is 9.85. The first-order chi connectivity index (χ1) is 8.22. The van der Waals surface area contributed by atoms with Crippen molar-refractivity contribution in [3.8, 4) is 0 Å². The number of cyclic esters (lactones) is 1. The van der Waals surface area contributed by atoms with Crippen molar-refractivity contribution >= 4 is 5.97 Å². The molecule has 17 heavy (non-hydrogen) atoms. The number of aliphatic hydroxyl groups is 1. The Bertz CT molecular complexity index is 296. The first kappa shape index (κ1) is 15.7. The van der Waals surface area contributed by atoms with Crippen molar-refractivity contribution in [2.45, 2.75) is 39.7 Å². The van der Waals surface area contributed by atoms with Crippen LogP contribution in [0.2, 0.25) is 0 Å². The molecule has 3 nitrogen and oxygen atoms in total. The predicted molar refractivity (Wildman–Crippen MR) is 68.7 cm³/mol. The highest BCUT2D eigenvalue weighted by atomic mass is 16.6. The third-order valence-electron chi connectivity index (χ3n) is 2.11. The Hall–Kier alpha value is -1.35. The molecule has 1 unspecified atom stereocenters. The number of hydrogen-bond donors (Lipinski definition) is 1. The van der Waals surface area contributed by atoms with Crippen molar-refractivity contribution in [2.75, 3.05) is 6.61 Å². The normalized spacial score (nSPS) is 17.2. The molecule has 1 aliphatic heterocycles. The van der Waals surface area contributed by atoms with E-state index in [2.05, 4.69) is 23.8 Å². The summed E-state index contributed by atoms with van der Waals surface area (Å²) in [6, 6.07) is 10.3. The van der Waals surface area contributed by atoms with Crippen molar-refractivity contribution in [1.82, 2.24) is 0 Å². The van der Waals surface area contributed by atoms with Crippen molar-refractivity contribution in [1.29, 1.82) is 0 Å². The van der Waals surface area contributed by atoms with E-state index in [0.29, 0.717) is 12.8 Å². The highest BCUT2D eigenvalue weighted by Crippen LogP contribution is 2.11. The molecule has 1 fully saturated rings. The van der Waals surface area contributed by atoms with Crippen LogP contribution in [0.1, 0.15) is 32.3 Å². The molecule has 0 bridgehead atoms. The molecule has 1 saturated heterocycles. The fourth-order valence-electron chi connectivity index (χ4n) is 1.25. The van der Waals surface area contributed by atoms with E-state index >= 15 is 0 Å². The number of aliphatic hydroxyl groups excluding tert-OH is 1. The number of carbonyl (C=O) groups excluding carboxylic acids is 1. The van der Waals surface area contributed by atoms with Gasteiger partial charge in [0.2, 0.25) is 0 Å². The van der Waals surface area contributed by atoms with E-state index in [9.17, 15) is 4.79 Å². The van der Waals surface area contributed by atoms with E-state index in [1.165, 1.54) is 5.56 Å². The van der Waals surface area contributed by atoms with E-state index in [4.69, 9.17) is 5.11 Å². The van der Waals surface area contributed by atoms with Gasteiger partial charge in [-0.3, -0.25) is 4.79 Å². The van der Waals surface area contributed by atoms with Gasteiger partial charge < -0.3 is 9.84 Å². The summed E-state index contributed by atoms with van der Waals surface area (Å²) >= 11 is 0. The van der Waals surface area contributed by atoms with E-state index in [-0.39, 0.29) is 18.7 Å². The van der Waals surface area contributed by atoms with Gasteiger partial charge >= 0.3 is 5.97 Å². The average molecular weight is 238 g/mol. The van der Waals surface area contributed by atoms with Gasteiger partial charge in [0, 0.05) is 6.42 Å². The second-order valence-corrected chi connectivity index (χ2v) is 3.49. The van der Waals surface area contributed by atoms with Crippen LogP contribution in [0.25, 0.3) is 0 Å². The largest absolute Gasteiger partial charge is 0.460 e. The Balaban J connectivity index is 0.000000265. The van der Waals surface area contributed by atoms with Crippen LogP contribution in [-0.2, 0) is 9.53 Å². The van der Waals surface area contributed by atoms with E-state index < -0.39 is 0 Å². The molecule has 2 rings (SSSR count). The summed E-state index contributed by atoms with van der Waals surface area (Å²) in [4.78, 5) is 10.3. The average Bonchev–Trinajstić information content (AvgIpc) is 2.79. The molecule has 3 heteroatoms. The number of aryl methyl sites for hydroxylation is 1. The Morgan fingerprint density at radius 2 is 1.88 bits per heavy atom. The van der Waals surface area contributed by atoms with Gasteiger partial charge in [-0.2, -0.15) is 0 Å². The summed E-state index contributed by atoms with van der Waals surface area (Å²) in [5.74, 6) is -0.191. The fourth-order valence-corrected chi connectivity index (χ4v) is 1.25. The molecule has 1 heterocycles. The van der Waals surface area contributed by atoms with Gasteiger partial charge in [0.25, 0.3) is 0 Å². The molecule has 1 aromatic carbocycles. The van der Waals surface area contributed by atoms with Crippen LogP contribution < -0.4 is 0 Å². The molecule has 1 N–H and O–H groups in total. The van der Waals surface area contributed by atoms with E-state index in [1.807, 2.05) is 32.0 Å². The number of rotatable bonds is 1. The predicted octanol–water partition coefficient (Wildman–Crippen LogP) is 2.71. The summed E-state index contributed by atoms with van der Waals surface area (Å²) in [6.45, 7) is 6.05. The minimum atomic E-state index is -0.220. The lowest BCUT2D eigenvalue weighted by molar-refractivity contribution is -0.142. The second-order valence-electron chi connectivity index (χ2n) is 3.49. The Kier molecular flexibility index (Phi) is 9.06. The third kappa shape index (κ3) is 7.53. The number of esters is 1. The van der Waals surface area contributed by atoms with Crippen molar-refractivity contribution in [3.05, 3.63) is 35.9 Å². The summed E-state index contributed by atoms with van der Waals surface area (Å²) in [6.07, 6.45) is 0.920. The standard InChI is InChI=1S/C7H8.C5H8O3.C2H6/c1-7-5-3-2-4-6-7;6-3-4-1-2-5(7)8-4;1-2/h2-6H,1H3;4,6H,1-3H2;1-2H3. The van der Waals surface area contributed by atoms with Crippen LogP contribution in [0.3, 0.4) is 0 Å². The summed E-state index contributed by atoms with van der Waals surface area (Å²) in [7, 11) is 0. The molecule has 0 aliphatic carbocycles. The first-order valence-electron chi connectivity index (χ1n) is 6.04. The fraction of sp³-hybridized carbons (Fsp3) is 0.500. The van der Waals surface area contributed by atoms with Gasteiger partial charge in [0.1, 0.15) is 6.10 Å². The number of benzene rings is 1. The van der Waals surface area contributed by atoms with E-state index in [1.54, 1.807) is 0 Å². The van der Waals surface area contributed by atoms with Crippen LogP contribution in [0.5, 0.6) is 0 Å². The minimum Gasteiger partial charge on any atom is -0.460 e. The summed E-state index contributed by atoms with van der Waals surface area (Å²) in [5, 5.41) is 8.41.